The number of rotatable bonds is 6. The SMILES string of the molecule is CCNC(=NCCNC(=O)C1CC1)N1CCOC(c2ccc(C)cc2C)C1.I. The van der Waals surface area contributed by atoms with Crippen molar-refractivity contribution in [2.24, 2.45) is 10.9 Å². The normalized spacial score (nSPS) is 19.8. The minimum Gasteiger partial charge on any atom is -0.370 e. The monoisotopic (exact) mass is 500 g/mol. The van der Waals surface area contributed by atoms with Crippen molar-refractivity contribution in [1.29, 1.82) is 0 Å². The maximum absolute atomic E-state index is 11.7. The summed E-state index contributed by atoms with van der Waals surface area (Å²) in [6.45, 7) is 10.6. The Balaban J connectivity index is 0.00000280. The van der Waals surface area contributed by atoms with Crippen LogP contribution in [0.5, 0.6) is 0 Å². The molecule has 1 amide bonds. The number of aryl methyl sites for hydroxylation is 2. The third-order valence-electron chi connectivity index (χ3n) is 5.09. The van der Waals surface area contributed by atoms with Crippen LogP contribution in [0.25, 0.3) is 0 Å². The predicted molar refractivity (Wildman–Crippen MR) is 123 cm³/mol. The van der Waals surface area contributed by atoms with Crippen LogP contribution in [0.15, 0.2) is 23.2 Å². The second-order valence-corrected chi connectivity index (χ2v) is 7.47. The molecule has 1 unspecified atom stereocenters. The summed E-state index contributed by atoms with van der Waals surface area (Å²) in [7, 11) is 0. The van der Waals surface area contributed by atoms with Crippen LogP contribution in [0.4, 0.5) is 0 Å². The second kappa shape index (κ2) is 11.0. The first-order valence-corrected chi connectivity index (χ1v) is 10.1. The zero-order chi connectivity index (χ0) is 19.2. The van der Waals surface area contributed by atoms with Crippen molar-refractivity contribution in [2.75, 3.05) is 39.3 Å². The zero-order valence-corrected chi connectivity index (χ0v) is 19.5. The van der Waals surface area contributed by atoms with Gasteiger partial charge < -0.3 is 20.3 Å². The van der Waals surface area contributed by atoms with Gasteiger partial charge in [0.2, 0.25) is 5.91 Å². The number of ether oxygens (including phenoxy) is 1. The number of aliphatic imine (C=N–C) groups is 1. The van der Waals surface area contributed by atoms with Crippen molar-refractivity contribution < 1.29 is 9.53 Å². The average molecular weight is 500 g/mol. The molecule has 2 fully saturated rings. The zero-order valence-electron chi connectivity index (χ0n) is 17.2. The summed E-state index contributed by atoms with van der Waals surface area (Å²) in [4.78, 5) is 18.7. The lowest BCUT2D eigenvalue weighted by Crippen LogP contribution is -2.48. The summed E-state index contributed by atoms with van der Waals surface area (Å²) in [5.41, 5.74) is 3.79. The summed E-state index contributed by atoms with van der Waals surface area (Å²) in [6.07, 6.45) is 2.12. The molecule has 6 nitrogen and oxygen atoms in total. The average Bonchev–Trinajstić information content (AvgIpc) is 3.49. The van der Waals surface area contributed by atoms with Crippen molar-refractivity contribution in [3.05, 3.63) is 34.9 Å². The molecule has 0 radical (unpaired) electrons. The van der Waals surface area contributed by atoms with Crippen molar-refractivity contribution >= 4 is 35.8 Å². The van der Waals surface area contributed by atoms with Gasteiger partial charge in [-0.15, -0.1) is 24.0 Å². The molecule has 1 aliphatic heterocycles. The van der Waals surface area contributed by atoms with E-state index in [0.717, 1.165) is 38.4 Å². The van der Waals surface area contributed by atoms with Crippen molar-refractivity contribution in [2.45, 2.75) is 39.7 Å². The number of benzene rings is 1. The predicted octanol–water partition coefficient (Wildman–Crippen LogP) is 2.79. The first-order chi connectivity index (χ1) is 13.1. The van der Waals surface area contributed by atoms with Gasteiger partial charge in [-0.25, -0.2) is 0 Å². The molecule has 2 aliphatic rings. The minimum atomic E-state index is 0. The molecule has 1 heterocycles. The molecule has 1 aliphatic carbocycles. The van der Waals surface area contributed by atoms with E-state index in [4.69, 9.17) is 9.73 Å². The highest BCUT2D eigenvalue weighted by molar-refractivity contribution is 14.0. The van der Waals surface area contributed by atoms with Crippen molar-refractivity contribution in [1.82, 2.24) is 15.5 Å². The van der Waals surface area contributed by atoms with Gasteiger partial charge in [0, 0.05) is 25.6 Å². The van der Waals surface area contributed by atoms with Crippen LogP contribution in [-0.2, 0) is 9.53 Å². The molecule has 0 spiro atoms. The molecule has 2 N–H and O–H groups in total. The summed E-state index contributed by atoms with van der Waals surface area (Å²) >= 11 is 0. The Morgan fingerprint density at radius 2 is 2.07 bits per heavy atom. The van der Waals surface area contributed by atoms with E-state index in [1.165, 1.54) is 16.7 Å². The molecular formula is C21H33IN4O2. The van der Waals surface area contributed by atoms with E-state index >= 15 is 0 Å². The molecule has 0 bridgehead atoms. The molecule has 28 heavy (non-hydrogen) atoms. The lowest BCUT2D eigenvalue weighted by Gasteiger charge is -2.36. The molecule has 3 rings (SSSR count). The summed E-state index contributed by atoms with van der Waals surface area (Å²) < 4.78 is 6.05. The Hall–Kier alpha value is -1.35. The van der Waals surface area contributed by atoms with Crippen LogP contribution in [0.1, 0.15) is 42.6 Å². The van der Waals surface area contributed by atoms with Crippen molar-refractivity contribution in [3.63, 3.8) is 0 Å². The highest BCUT2D eigenvalue weighted by Gasteiger charge is 2.29. The number of nitrogens with zero attached hydrogens (tertiary/aromatic N) is 2. The third kappa shape index (κ3) is 6.34. The van der Waals surface area contributed by atoms with E-state index in [-0.39, 0.29) is 41.9 Å². The van der Waals surface area contributed by atoms with E-state index in [2.05, 4.69) is 54.5 Å². The minimum absolute atomic E-state index is 0. The Labute approximate surface area is 185 Å². The number of carbonyl (C=O) groups is 1. The topological polar surface area (TPSA) is 66.0 Å². The molecular weight excluding hydrogens is 467 g/mol. The van der Waals surface area contributed by atoms with Gasteiger partial charge in [-0.1, -0.05) is 23.8 Å². The van der Waals surface area contributed by atoms with Crippen LogP contribution >= 0.6 is 24.0 Å². The fraction of sp³-hybridized carbons (Fsp3) is 0.619. The maximum Gasteiger partial charge on any atom is 0.223 e. The van der Waals surface area contributed by atoms with Crippen LogP contribution in [-0.4, -0.2) is 56.1 Å². The van der Waals surface area contributed by atoms with Crippen LogP contribution < -0.4 is 10.6 Å². The number of hydrogen-bond donors (Lipinski definition) is 2. The fourth-order valence-electron chi connectivity index (χ4n) is 3.47. The number of amides is 1. The van der Waals surface area contributed by atoms with E-state index in [9.17, 15) is 4.79 Å². The molecule has 1 aromatic carbocycles. The Morgan fingerprint density at radius 1 is 1.29 bits per heavy atom. The first kappa shape index (κ1) is 22.9. The molecule has 0 aromatic heterocycles. The summed E-state index contributed by atoms with van der Waals surface area (Å²) in [6, 6.07) is 6.53. The molecule has 1 saturated heterocycles. The number of carbonyl (C=O) groups excluding carboxylic acids is 1. The highest BCUT2D eigenvalue weighted by Crippen LogP contribution is 2.28. The van der Waals surface area contributed by atoms with E-state index in [0.29, 0.717) is 19.7 Å². The molecule has 7 heteroatoms. The smallest absolute Gasteiger partial charge is 0.223 e. The number of halogens is 1. The fourth-order valence-corrected chi connectivity index (χ4v) is 3.47. The van der Waals surface area contributed by atoms with Crippen molar-refractivity contribution in [3.8, 4) is 0 Å². The quantitative estimate of drug-likeness (QED) is 0.273. The van der Waals surface area contributed by atoms with Gasteiger partial charge in [-0.05, 0) is 44.7 Å². The molecule has 1 atom stereocenters. The number of nitrogens with one attached hydrogen (secondary N) is 2. The lowest BCUT2D eigenvalue weighted by molar-refractivity contribution is -0.122. The number of morpholine rings is 1. The van der Waals surface area contributed by atoms with E-state index < -0.39 is 0 Å². The largest absolute Gasteiger partial charge is 0.370 e. The second-order valence-electron chi connectivity index (χ2n) is 7.47. The van der Waals surface area contributed by atoms with Gasteiger partial charge in [-0.3, -0.25) is 9.79 Å². The van der Waals surface area contributed by atoms with Gasteiger partial charge in [0.15, 0.2) is 5.96 Å². The summed E-state index contributed by atoms with van der Waals surface area (Å²) in [5, 5.41) is 6.35. The van der Waals surface area contributed by atoms with Crippen LogP contribution in [0.3, 0.4) is 0 Å². The molecule has 156 valence electrons. The van der Waals surface area contributed by atoms with Gasteiger partial charge in [0.25, 0.3) is 0 Å². The highest BCUT2D eigenvalue weighted by atomic mass is 127. The molecule has 1 saturated carbocycles. The van der Waals surface area contributed by atoms with Gasteiger partial charge >= 0.3 is 0 Å². The van der Waals surface area contributed by atoms with Gasteiger partial charge in [-0.2, -0.15) is 0 Å². The van der Waals surface area contributed by atoms with E-state index in [1.54, 1.807) is 0 Å². The number of guanidine groups is 1. The number of hydrogen-bond acceptors (Lipinski definition) is 3. The van der Waals surface area contributed by atoms with E-state index in [1.807, 2.05) is 0 Å². The maximum atomic E-state index is 11.7. The lowest BCUT2D eigenvalue weighted by atomic mass is 10.00. The van der Waals surface area contributed by atoms with Crippen LogP contribution in [0.2, 0.25) is 0 Å². The van der Waals surface area contributed by atoms with Gasteiger partial charge in [0.1, 0.15) is 6.10 Å². The van der Waals surface area contributed by atoms with Gasteiger partial charge in [0.05, 0.1) is 19.7 Å². The molecule has 1 aromatic rings. The first-order valence-electron chi connectivity index (χ1n) is 10.1. The third-order valence-corrected chi connectivity index (χ3v) is 5.09. The van der Waals surface area contributed by atoms with Crippen LogP contribution in [0, 0.1) is 19.8 Å². The summed E-state index contributed by atoms with van der Waals surface area (Å²) in [5.74, 6) is 1.33. The standard InChI is InChI=1S/C21H32N4O2.HI/c1-4-22-21(24-10-9-23-20(26)17-6-7-17)25-11-12-27-19(14-25)18-8-5-15(2)13-16(18)3;/h5,8,13,17,19H,4,6-7,9-12,14H2,1-3H3,(H,22,24)(H,23,26);1H. The Bertz CT molecular complexity index is 691. The Morgan fingerprint density at radius 3 is 2.75 bits per heavy atom. The Kier molecular flexibility index (Phi) is 9.01.